The van der Waals surface area contributed by atoms with Crippen LogP contribution in [-0.4, -0.2) is 13.0 Å². The van der Waals surface area contributed by atoms with Crippen molar-refractivity contribution in [3.05, 3.63) is 93.5 Å². The number of para-hydroxylation sites is 1. The van der Waals surface area contributed by atoms with E-state index in [1.165, 1.54) is 6.08 Å². The van der Waals surface area contributed by atoms with Gasteiger partial charge in [-0.05, 0) is 69.2 Å². The SMILES string of the molecule is COc1cc(C=CC(=O)Nc2c(C)cccc2C(C)C)cc(Br)c1OCc1ccccc1. The first-order valence-corrected chi connectivity index (χ1v) is 11.3. The van der Waals surface area contributed by atoms with Gasteiger partial charge in [0.2, 0.25) is 5.91 Å². The molecule has 0 saturated carbocycles. The Hall–Kier alpha value is -3.05. The van der Waals surface area contributed by atoms with Crippen LogP contribution in [0.1, 0.15) is 42.0 Å². The number of aryl methyl sites for hydroxylation is 1. The maximum absolute atomic E-state index is 12.6. The highest BCUT2D eigenvalue weighted by atomic mass is 79.9. The van der Waals surface area contributed by atoms with E-state index in [4.69, 9.17) is 9.47 Å². The first-order valence-electron chi connectivity index (χ1n) is 10.5. The van der Waals surface area contributed by atoms with E-state index in [9.17, 15) is 4.79 Å². The van der Waals surface area contributed by atoms with Crippen LogP contribution in [0.3, 0.4) is 0 Å². The van der Waals surface area contributed by atoms with Gasteiger partial charge in [0, 0.05) is 11.8 Å². The van der Waals surface area contributed by atoms with Gasteiger partial charge in [-0.1, -0.05) is 62.4 Å². The summed E-state index contributed by atoms with van der Waals surface area (Å²) in [6.45, 7) is 6.67. The minimum atomic E-state index is -0.180. The number of hydrogen-bond donors (Lipinski definition) is 1. The van der Waals surface area contributed by atoms with E-state index in [1.807, 2.05) is 67.6 Å². The summed E-state index contributed by atoms with van der Waals surface area (Å²) in [6, 6.07) is 19.8. The minimum absolute atomic E-state index is 0.180. The van der Waals surface area contributed by atoms with Gasteiger partial charge in [-0.3, -0.25) is 4.79 Å². The summed E-state index contributed by atoms with van der Waals surface area (Å²) in [4.78, 5) is 12.6. The summed E-state index contributed by atoms with van der Waals surface area (Å²) in [5.74, 6) is 1.36. The van der Waals surface area contributed by atoms with Crippen LogP contribution < -0.4 is 14.8 Å². The standard InChI is InChI=1S/C27H28BrNO3/c1-18(2)22-12-8-9-19(3)26(22)29-25(30)14-13-21-15-23(28)27(24(16-21)31-4)32-17-20-10-6-5-7-11-20/h5-16,18H,17H2,1-4H3,(H,29,30). The molecule has 0 unspecified atom stereocenters. The number of rotatable bonds is 8. The molecule has 4 nitrogen and oxygen atoms in total. The molecule has 3 aromatic rings. The van der Waals surface area contributed by atoms with Gasteiger partial charge in [0.25, 0.3) is 0 Å². The first kappa shape index (κ1) is 23.6. The predicted molar refractivity (Wildman–Crippen MR) is 134 cm³/mol. The molecule has 5 heteroatoms. The number of carbonyl (C=O) groups excluding carboxylic acids is 1. The number of hydrogen-bond acceptors (Lipinski definition) is 3. The Labute approximate surface area is 198 Å². The summed E-state index contributed by atoms with van der Waals surface area (Å²) >= 11 is 3.57. The third kappa shape index (κ3) is 6.01. The lowest BCUT2D eigenvalue weighted by Crippen LogP contribution is -2.11. The topological polar surface area (TPSA) is 47.6 Å². The molecule has 166 valence electrons. The van der Waals surface area contributed by atoms with Crippen LogP contribution in [0.5, 0.6) is 11.5 Å². The summed E-state index contributed by atoms with van der Waals surface area (Å²) in [5, 5.41) is 3.03. The molecule has 0 fully saturated rings. The molecular weight excluding hydrogens is 466 g/mol. The van der Waals surface area contributed by atoms with Gasteiger partial charge < -0.3 is 14.8 Å². The molecule has 1 amide bonds. The lowest BCUT2D eigenvalue weighted by atomic mass is 9.98. The predicted octanol–water partition coefficient (Wildman–Crippen LogP) is 7.12. The van der Waals surface area contributed by atoms with Crippen LogP contribution in [0.25, 0.3) is 6.08 Å². The Morgan fingerprint density at radius 3 is 2.53 bits per heavy atom. The lowest BCUT2D eigenvalue weighted by Gasteiger charge is -2.15. The number of benzene rings is 3. The van der Waals surface area contributed by atoms with Crippen molar-refractivity contribution >= 4 is 33.6 Å². The number of methoxy groups -OCH3 is 1. The summed E-state index contributed by atoms with van der Waals surface area (Å²) in [5.41, 5.74) is 4.93. The monoisotopic (exact) mass is 493 g/mol. The first-order chi connectivity index (χ1) is 15.4. The molecule has 0 aliphatic heterocycles. The fourth-order valence-electron chi connectivity index (χ4n) is 3.38. The smallest absolute Gasteiger partial charge is 0.248 e. The zero-order valence-electron chi connectivity index (χ0n) is 18.8. The molecule has 0 bridgehead atoms. The zero-order chi connectivity index (χ0) is 23.1. The van der Waals surface area contributed by atoms with Gasteiger partial charge in [-0.25, -0.2) is 0 Å². The number of carbonyl (C=O) groups is 1. The fraction of sp³-hybridized carbons (Fsp3) is 0.222. The molecule has 3 rings (SSSR count). The largest absolute Gasteiger partial charge is 0.493 e. The molecule has 0 heterocycles. The molecule has 3 aromatic carbocycles. The second kappa shape index (κ2) is 11.0. The minimum Gasteiger partial charge on any atom is -0.493 e. The average Bonchev–Trinajstić information content (AvgIpc) is 2.78. The third-order valence-corrected chi connectivity index (χ3v) is 5.67. The summed E-state index contributed by atoms with van der Waals surface area (Å²) in [7, 11) is 1.60. The summed E-state index contributed by atoms with van der Waals surface area (Å²) in [6.07, 6.45) is 3.29. The van der Waals surface area contributed by atoms with Crippen molar-refractivity contribution in [2.45, 2.75) is 33.3 Å². The van der Waals surface area contributed by atoms with E-state index < -0.39 is 0 Å². The van der Waals surface area contributed by atoms with E-state index >= 15 is 0 Å². The second-order valence-electron chi connectivity index (χ2n) is 7.82. The number of halogens is 1. The highest BCUT2D eigenvalue weighted by Gasteiger charge is 2.13. The van der Waals surface area contributed by atoms with E-state index in [0.29, 0.717) is 24.0 Å². The lowest BCUT2D eigenvalue weighted by molar-refractivity contribution is -0.111. The van der Waals surface area contributed by atoms with Crippen molar-refractivity contribution in [2.75, 3.05) is 12.4 Å². The molecule has 0 saturated heterocycles. The molecule has 0 aliphatic rings. The van der Waals surface area contributed by atoms with E-state index in [1.54, 1.807) is 13.2 Å². The van der Waals surface area contributed by atoms with Crippen LogP contribution in [0.2, 0.25) is 0 Å². The van der Waals surface area contributed by atoms with Gasteiger partial charge >= 0.3 is 0 Å². The molecule has 1 N–H and O–H groups in total. The van der Waals surface area contributed by atoms with Crippen LogP contribution >= 0.6 is 15.9 Å². The highest BCUT2D eigenvalue weighted by molar-refractivity contribution is 9.10. The molecule has 32 heavy (non-hydrogen) atoms. The Morgan fingerprint density at radius 1 is 1.09 bits per heavy atom. The fourth-order valence-corrected chi connectivity index (χ4v) is 3.96. The Morgan fingerprint density at radius 2 is 1.84 bits per heavy atom. The van der Waals surface area contributed by atoms with E-state index in [-0.39, 0.29) is 5.91 Å². The number of nitrogens with one attached hydrogen (secondary N) is 1. The molecule has 0 atom stereocenters. The number of ether oxygens (including phenoxy) is 2. The van der Waals surface area contributed by atoms with Gasteiger partial charge in [0.1, 0.15) is 6.61 Å². The van der Waals surface area contributed by atoms with Crippen LogP contribution in [0.4, 0.5) is 5.69 Å². The van der Waals surface area contributed by atoms with Crippen molar-refractivity contribution in [3.8, 4) is 11.5 Å². The Bertz CT molecular complexity index is 1110. The van der Waals surface area contributed by atoms with Crippen molar-refractivity contribution in [1.82, 2.24) is 0 Å². The van der Waals surface area contributed by atoms with Crippen molar-refractivity contribution in [1.29, 1.82) is 0 Å². The zero-order valence-corrected chi connectivity index (χ0v) is 20.4. The Kier molecular flexibility index (Phi) is 8.12. The molecule has 0 radical (unpaired) electrons. The van der Waals surface area contributed by atoms with Crippen molar-refractivity contribution in [3.63, 3.8) is 0 Å². The third-order valence-electron chi connectivity index (χ3n) is 5.08. The average molecular weight is 494 g/mol. The maximum atomic E-state index is 12.6. The van der Waals surface area contributed by atoms with Crippen molar-refractivity contribution in [2.24, 2.45) is 0 Å². The maximum Gasteiger partial charge on any atom is 0.248 e. The van der Waals surface area contributed by atoms with Gasteiger partial charge in [-0.2, -0.15) is 0 Å². The number of amides is 1. The van der Waals surface area contributed by atoms with Crippen molar-refractivity contribution < 1.29 is 14.3 Å². The molecule has 0 spiro atoms. The highest BCUT2D eigenvalue weighted by Crippen LogP contribution is 2.37. The quantitative estimate of drug-likeness (QED) is 0.339. The van der Waals surface area contributed by atoms with E-state index in [2.05, 4.69) is 35.1 Å². The second-order valence-corrected chi connectivity index (χ2v) is 8.68. The van der Waals surface area contributed by atoms with Gasteiger partial charge in [-0.15, -0.1) is 0 Å². The normalized spacial score (nSPS) is 11.1. The van der Waals surface area contributed by atoms with Gasteiger partial charge in [0.15, 0.2) is 11.5 Å². The van der Waals surface area contributed by atoms with Crippen LogP contribution in [0, 0.1) is 6.92 Å². The molecule has 0 aromatic heterocycles. The van der Waals surface area contributed by atoms with Crippen LogP contribution in [-0.2, 0) is 11.4 Å². The van der Waals surface area contributed by atoms with Gasteiger partial charge in [0.05, 0.1) is 11.6 Å². The molecular formula is C27H28BrNO3. The van der Waals surface area contributed by atoms with E-state index in [0.717, 1.165) is 32.4 Å². The summed E-state index contributed by atoms with van der Waals surface area (Å²) < 4.78 is 12.3. The Balaban J connectivity index is 1.75. The number of anilines is 1. The molecule has 0 aliphatic carbocycles. The van der Waals surface area contributed by atoms with Crippen LogP contribution in [0.15, 0.2) is 71.2 Å².